The number of rotatable bonds is 2. The van der Waals surface area contributed by atoms with Crippen molar-refractivity contribution in [2.45, 2.75) is 0 Å². The van der Waals surface area contributed by atoms with Gasteiger partial charge < -0.3 is 0 Å². The molecule has 0 aliphatic rings. The van der Waals surface area contributed by atoms with Gasteiger partial charge in [0, 0.05) is 9.90 Å². The van der Waals surface area contributed by atoms with Gasteiger partial charge in [0.15, 0.2) is 0 Å². The minimum absolute atomic E-state index is 0.597. The number of nitrogens with zero attached hydrogens (tertiary/aromatic N) is 1. The average Bonchev–Trinajstić information content (AvgIpc) is 2.73. The molecule has 0 saturated heterocycles. The van der Waals surface area contributed by atoms with Crippen molar-refractivity contribution in [3.63, 3.8) is 0 Å². The van der Waals surface area contributed by atoms with Crippen LogP contribution in [0.4, 0.5) is 0 Å². The molecule has 0 unspecified atom stereocenters. The minimum Gasteiger partial charge on any atom is -0.192 e. The molecular formula is C13H7Cl2NS. The number of allylic oxidation sites excluding steroid dienone is 1. The van der Waals surface area contributed by atoms with Crippen molar-refractivity contribution in [2.75, 3.05) is 0 Å². The molecule has 0 N–H and O–H groups in total. The summed E-state index contributed by atoms with van der Waals surface area (Å²) >= 11 is 13.1. The molecule has 0 atom stereocenters. The highest BCUT2D eigenvalue weighted by molar-refractivity contribution is 7.17. The van der Waals surface area contributed by atoms with Crippen LogP contribution in [0.15, 0.2) is 36.4 Å². The lowest BCUT2D eigenvalue weighted by molar-refractivity contribution is 1.52. The van der Waals surface area contributed by atoms with Crippen LogP contribution in [0.5, 0.6) is 0 Å². The number of hydrogen-bond donors (Lipinski definition) is 0. The Hall–Kier alpha value is -1.27. The number of thiophene rings is 1. The quantitative estimate of drug-likeness (QED) is 0.700. The van der Waals surface area contributed by atoms with Crippen LogP contribution >= 0.6 is 34.5 Å². The van der Waals surface area contributed by atoms with Crippen molar-refractivity contribution in [3.8, 4) is 6.07 Å². The maximum atomic E-state index is 9.14. The first-order valence-electron chi connectivity index (χ1n) is 4.82. The van der Waals surface area contributed by atoms with Crippen LogP contribution in [-0.4, -0.2) is 0 Å². The normalized spacial score (nSPS) is 11.2. The Balaban J connectivity index is 2.37. The lowest BCUT2D eigenvalue weighted by Gasteiger charge is -1.98. The Kier molecular flexibility index (Phi) is 3.86. The number of nitriles is 1. The maximum Gasteiger partial charge on any atom is 0.0998 e. The van der Waals surface area contributed by atoms with Crippen LogP contribution in [0.3, 0.4) is 0 Å². The van der Waals surface area contributed by atoms with Gasteiger partial charge in [-0.25, -0.2) is 0 Å². The molecule has 0 fully saturated rings. The van der Waals surface area contributed by atoms with Gasteiger partial charge in [-0.05, 0) is 35.9 Å². The second kappa shape index (κ2) is 5.37. The smallest absolute Gasteiger partial charge is 0.0998 e. The van der Waals surface area contributed by atoms with E-state index in [0.717, 1.165) is 10.4 Å². The summed E-state index contributed by atoms with van der Waals surface area (Å²) in [5.74, 6) is 0. The number of benzene rings is 1. The topological polar surface area (TPSA) is 23.8 Å². The fraction of sp³-hybridized carbons (Fsp3) is 0. The molecule has 0 aliphatic heterocycles. The Morgan fingerprint density at radius 2 is 1.82 bits per heavy atom. The van der Waals surface area contributed by atoms with Crippen molar-refractivity contribution in [1.29, 1.82) is 5.26 Å². The van der Waals surface area contributed by atoms with E-state index in [9.17, 15) is 0 Å². The predicted octanol–water partition coefficient (Wildman–Crippen LogP) is 5.12. The zero-order chi connectivity index (χ0) is 12.3. The van der Waals surface area contributed by atoms with E-state index in [1.54, 1.807) is 12.1 Å². The van der Waals surface area contributed by atoms with Gasteiger partial charge in [0.2, 0.25) is 0 Å². The van der Waals surface area contributed by atoms with Crippen LogP contribution in [0.1, 0.15) is 10.4 Å². The molecule has 0 radical (unpaired) electrons. The molecule has 0 spiro atoms. The van der Waals surface area contributed by atoms with Crippen molar-refractivity contribution in [2.24, 2.45) is 0 Å². The third-order valence-corrected chi connectivity index (χ3v) is 3.59. The minimum atomic E-state index is 0.597. The molecule has 17 heavy (non-hydrogen) atoms. The van der Waals surface area contributed by atoms with Crippen LogP contribution in [-0.2, 0) is 0 Å². The molecule has 2 aromatic rings. The summed E-state index contributed by atoms with van der Waals surface area (Å²) < 4.78 is 0.713. The highest BCUT2D eigenvalue weighted by atomic mass is 35.5. The molecule has 84 valence electrons. The molecule has 4 heteroatoms. The Labute approximate surface area is 114 Å². The van der Waals surface area contributed by atoms with E-state index in [0.29, 0.717) is 14.9 Å². The van der Waals surface area contributed by atoms with Gasteiger partial charge >= 0.3 is 0 Å². The molecule has 0 saturated carbocycles. The van der Waals surface area contributed by atoms with Crippen molar-refractivity contribution in [3.05, 3.63) is 56.2 Å². The van der Waals surface area contributed by atoms with Gasteiger partial charge in [0.1, 0.15) is 0 Å². The zero-order valence-electron chi connectivity index (χ0n) is 8.65. The van der Waals surface area contributed by atoms with E-state index in [1.807, 2.05) is 30.3 Å². The molecule has 0 bridgehead atoms. The van der Waals surface area contributed by atoms with Gasteiger partial charge in [-0.1, -0.05) is 35.3 Å². The van der Waals surface area contributed by atoms with Crippen LogP contribution < -0.4 is 0 Å². The molecule has 2 rings (SSSR count). The molecule has 1 aromatic heterocycles. The molecule has 1 heterocycles. The third-order valence-electron chi connectivity index (χ3n) is 2.16. The van der Waals surface area contributed by atoms with Crippen molar-refractivity contribution >= 4 is 46.2 Å². The first-order valence-corrected chi connectivity index (χ1v) is 6.39. The van der Waals surface area contributed by atoms with Crippen molar-refractivity contribution in [1.82, 2.24) is 0 Å². The summed E-state index contributed by atoms with van der Waals surface area (Å²) in [7, 11) is 0. The Morgan fingerprint density at radius 1 is 1.12 bits per heavy atom. The second-order valence-electron chi connectivity index (χ2n) is 3.32. The summed E-state index contributed by atoms with van der Waals surface area (Å²) in [5.41, 5.74) is 1.45. The highest BCUT2D eigenvalue weighted by Gasteiger charge is 2.02. The average molecular weight is 280 g/mol. The molecule has 1 aromatic carbocycles. The number of halogens is 2. The van der Waals surface area contributed by atoms with Gasteiger partial charge in [0.25, 0.3) is 0 Å². The summed E-state index contributed by atoms with van der Waals surface area (Å²) in [5, 5.41) is 9.79. The monoisotopic (exact) mass is 279 g/mol. The largest absolute Gasteiger partial charge is 0.192 e. The van der Waals surface area contributed by atoms with E-state index in [1.165, 1.54) is 11.3 Å². The van der Waals surface area contributed by atoms with Gasteiger partial charge in [-0.3, -0.25) is 0 Å². The lowest BCUT2D eigenvalue weighted by atomic mass is 10.1. The summed E-state index contributed by atoms with van der Waals surface area (Å²) in [4.78, 5) is 0.960. The highest BCUT2D eigenvalue weighted by Crippen LogP contribution is 2.26. The standard InChI is InChI=1S/C13H7Cl2NS/c14-11-3-1-9(2-4-11)10(8-16)7-12-5-6-13(15)17-12/h1-7H. The van der Waals surface area contributed by atoms with Crippen LogP contribution in [0.25, 0.3) is 11.6 Å². The fourth-order valence-corrected chi connectivity index (χ4v) is 2.49. The van der Waals surface area contributed by atoms with E-state index in [2.05, 4.69) is 6.07 Å². The van der Waals surface area contributed by atoms with Gasteiger partial charge in [0.05, 0.1) is 16.0 Å². The van der Waals surface area contributed by atoms with E-state index >= 15 is 0 Å². The molecule has 0 aliphatic carbocycles. The predicted molar refractivity (Wildman–Crippen MR) is 74.3 cm³/mol. The maximum absolute atomic E-state index is 9.14. The molecule has 0 amide bonds. The van der Waals surface area contributed by atoms with Crippen LogP contribution in [0.2, 0.25) is 9.36 Å². The third kappa shape index (κ3) is 3.10. The van der Waals surface area contributed by atoms with E-state index in [4.69, 9.17) is 28.5 Å². The fourth-order valence-electron chi connectivity index (χ4n) is 1.36. The second-order valence-corrected chi connectivity index (χ2v) is 5.50. The van der Waals surface area contributed by atoms with Gasteiger partial charge in [-0.2, -0.15) is 5.26 Å². The van der Waals surface area contributed by atoms with E-state index in [-0.39, 0.29) is 0 Å². The number of hydrogen-bond acceptors (Lipinski definition) is 2. The van der Waals surface area contributed by atoms with E-state index < -0.39 is 0 Å². The van der Waals surface area contributed by atoms with Crippen molar-refractivity contribution < 1.29 is 0 Å². The van der Waals surface area contributed by atoms with Crippen LogP contribution in [0, 0.1) is 11.3 Å². The zero-order valence-corrected chi connectivity index (χ0v) is 11.0. The lowest BCUT2D eigenvalue weighted by Crippen LogP contribution is -1.80. The molecular weight excluding hydrogens is 273 g/mol. The summed E-state index contributed by atoms with van der Waals surface area (Å²) in [6.07, 6.45) is 1.82. The SMILES string of the molecule is N#CC(=Cc1ccc(Cl)s1)c1ccc(Cl)cc1. The van der Waals surface area contributed by atoms with Gasteiger partial charge in [-0.15, -0.1) is 11.3 Å². The first-order chi connectivity index (χ1) is 8.19. The molecule has 1 nitrogen and oxygen atoms in total. The Bertz CT molecular complexity index is 591. The Morgan fingerprint density at radius 3 is 2.35 bits per heavy atom. The summed E-state index contributed by atoms with van der Waals surface area (Å²) in [6.45, 7) is 0. The first kappa shape index (κ1) is 12.2. The summed E-state index contributed by atoms with van der Waals surface area (Å²) in [6, 6.07) is 13.1.